The maximum absolute atomic E-state index is 10.0. The van der Waals surface area contributed by atoms with E-state index in [1.807, 2.05) is 0 Å². The number of hydrogen-bond acceptors (Lipinski definition) is 2. The highest BCUT2D eigenvalue weighted by molar-refractivity contribution is 7.90. The molecule has 0 aliphatic heterocycles. The fraction of sp³-hybridized carbons (Fsp3) is 1.00. The van der Waals surface area contributed by atoms with E-state index in [0.29, 0.717) is 5.94 Å². The average Bonchev–Trinajstić information content (AvgIpc) is 1.35. The van der Waals surface area contributed by atoms with Crippen LogP contribution >= 0.6 is 0 Å². The van der Waals surface area contributed by atoms with Crippen molar-refractivity contribution >= 4 is 11.2 Å². The van der Waals surface area contributed by atoms with Crippen LogP contribution in [0.1, 0.15) is 0 Å². The molecule has 2 nitrogen and oxygen atoms in total. The maximum atomic E-state index is 10.0. The zero-order chi connectivity index (χ0) is 4.99. The summed E-state index contributed by atoms with van der Waals surface area (Å²) in [6, 6.07) is 0. The van der Waals surface area contributed by atoms with Gasteiger partial charge in [-0.05, 0) is 11.2 Å². The van der Waals surface area contributed by atoms with Gasteiger partial charge in [0, 0.05) is 7.11 Å². The van der Waals surface area contributed by atoms with Crippen LogP contribution in [0.5, 0.6) is 0 Å². The monoisotopic (exact) mass is 108 g/mol. The standard InChI is InChI=1S/C3H8O2S/c1-5-3-6(2)4/h3H2,1-2H3. The Morgan fingerprint density at radius 2 is 2.33 bits per heavy atom. The molecule has 0 aliphatic carbocycles. The van der Waals surface area contributed by atoms with E-state index in [9.17, 15) is 4.55 Å². The molecule has 1 unspecified atom stereocenters. The largest absolute Gasteiger partial charge is 0.615 e. The van der Waals surface area contributed by atoms with Crippen LogP contribution in [0.3, 0.4) is 0 Å². The molecule has 0 heterocycles. The van der Waals surface area contributed by atoms with Gasteiger partial charge < -0.3 is 9.29 Å². The lowest BCUT2D eigenvalue weighted by Crippen LogP contribution is -2.03. The molecule has 0 N–H and O–H groups in total. The summed E-state index contributed by atoms with van der Waals surface area (Å²) < 4.78 is 14.5. The number of rotatable bonds is 2. The molecule has 6 heavy (non-hydrogen) atoms. The molecule has 0 radical (unpaired) electrons. The lowest BCUT2D eigenvalue weighted by atomic mass is 11.5. The van der Waals surface area contributed by atoms with Crippen molar-refractivity contribution in [1.29, 1.82) is 0 Å². The van der Waals surface area contributed by atoms with Crippen LogP contribution in [0.25, 0.3) is 0 Å². The van der Waals surface area contributed by atoms with Gasteiger partial charge in [-0.1, -0.05) is 0 Å². The SMILES string of the molecule is COC[S+](C)[O-]. The van der Waals surface area contributed by atoms with Crippen LogP contribution < -0.4 is 0 Å². The highest BCUT2D eigenvalue weighted by Gasteiger charge is 1.87. The van der Waals surface area contributed by atoms with Crippen molar-refractivity contribution in [3.8, 4) is 0 Å². The van der Waals surface area contributed by atoms with E-state index in [1.54, 1.807) is 6.26 Å². The molecule has 0 aromatic carbocycles. The van der Waals surface area contributed by atoms with Gasteiger partial charge in [0.1, 0.15) is 0 Å². The molecule has 0 rings (SSSR count). The fourth-order valence-corrected chi connectivity index (χ4v) is 0.498. The lowest BCUT2D eigenvalue weighted by molar-refractivity contribution is 0.250. The van der Waals surface area contributed by atoms with E-state index >= 15 is 0 Å². The van der Waals surface area contributed by atoms with Crippen LogP contribution in [-0.4, -0.2) is 23.9 Å². The van der Waals surface area contributed by atoms with Crippen LogP contribution in [0.15, 0.2) is 0 Å². The third-order valence-electron chi connectivity index (χ3n) is 0.284. The Hall–Kier alpha value is 0.270. The minimum absolute atomic E-state index is 0.347. The summed E-state index contributed by atoms with van der Waals surface area (Å²) in [6.07, 6.45) is 1.60. The molecule has 0 aromatic rings. The molecule has 3 heteroatoms. The number of hydrogen-bond donors (Lipinski definition) is 0. The van der Waals surface area contributed by atoms with Crippen molar-refractivity contribution in [2.24, 2.45) is 0 Å². The van der Waals surface area contributed by atoms with Crippen molar-refractivity contribution in [2.75, 3.05) is 19.3 Å². The molecule has 0 saturated carbocycles. The van der Waals surface area contributed by atoms with E-state index in [2.05, 4.69) is 4.74 Å². The van der Waals surface area contributed by atoms with Gasteiger partial charge in [0.25, 0.3) is 0 Å². The Kier molecular flexibility index (Phi) is 3.62. The van der Waals surface area contributed by atoms with Crippen molar-refractivity contribution < 1.29 is 9.29 Å². The van der Waals surface area contributed by atoms with E-state index in [-0.39, 0.29) is 0 Å². The molecule has 0 fully saturated rings. The lowest BCUT2D eigenvalue weighted by Gasteiger charge is -1.99. The third-order valence-corrected chi connectivity index (χ3v) is 0.851. The highest BCUT2D eigenvalue weighted by Crippen LogP contribution is 1.78. The van der Waals surface area contributed by atoms with Crippen molar-refractivity contribution in [2.45, 2.75) is 0 Å². The van der Waals surface area contributed by atoms with Gasteiger partial charge in [-0.15, -0.1) is 0 Å². The predicted molar refractivity (Wildman–Crippen MR) is 25.9 cm³/mol. The first-order valence-corrected chi connectivity index (χ1v) is 3.29. The van der Waals surface area contributed by atoms with E-state index in [1.165, 1.54) is 7.11 Å². The molecule has 0 amide bonds. The zero-order valence-corrected chi connectivity index (χ0v) is 4.75. The summed E-state index contributed by atoms with van der Waals surface area (Å²) in [5.41, 5.74) is 0. The van der Waals surface area contributed by atoms with Gasteiger partial charge in [-0.3, -0.25) is 0 Å². The summed E-state index contributed by atoms with van der Waals surface area (Å²) in [4.78, 5) is 0. The smallest absolute Gasteiger partial charge is 0.205 e. The van der Waals surface area contributed by atoms with Crippen molar-refractivity contribution in [1.82, 2.24) is 0 Å². The Morgan fingerprint density at radius 1 is 1.83 bits per heavy atom. The molecule has 0 bridgehead atoms. The Bertz CT molecular complexity index is 30.0. The Balaban J connectivity index is 2.63. The summed E-state index contributed by atoms with van der Waals surface area (Å²) in [6.45, 7) is 0. The predicted octanol–water partition coefficient (Wildman–Crippen LogP) is -0.0312. The summed E-state index contributed by atoms with van der Waals surface area (Å²) >= 11 is -0.788. The molecule has 38 valence electrons. The second kappa shape index (κ2) is 3.46. The first-order valence-electron chi connectivity index (χ1n) is 1.56. The first-order chi connectivity index (χ1) is 2.77. The number of methoxy groups -OCH3 is 1. The Morgan fingerprint density at radius 3 is 2.33 bits per heavy atom. The average molecular weight is 108 g/mol. The van der Waals surface area contributed by atoms with Crippen LogP contribution in [0, 0.1) is 0 Å². The van der Waals surface area contributed by atoms with Crippen molar-refractivity contribution in [3.05, 3.63) is 0 Å². The molecule has 1 atom stereocenters. The zero-order valence-electron chi connectivity index (χ0n) is 3.93. The third kappa shape index (κ3) is 4.27. The minimum atomic E-state index is -0.788. The van der Waals surface area contributed by atoms with E-state index in [4.69, 9.17) is 0 Å². The van der Waals surface area contributed by atoms with Gasteiger partial charge >= 0.3 is 0 Å². The maximum Gasteiger partial charge on any atom is 0.205 e. The van der Waals surface area contributed by atoms with Gasteiger partial charge in [0.05, 0.1) is 6.26 Å². The number of ether oxygens (including phenoxy) is 1. The normalized spacial score (nSPS) is 14.5. The highest BCUT2D eigenvalue weighted by atomic mass is 32.2. The fourth-order valence-electron chi connectivity index (χ4n) is 0.166. The minimum Gasteiger partial charge on any atom is -0.615 e. The second-order valence-corrected chi connectivity index (χ2v) is 2.36. The molecular formula is C3H8O2S. The first kappa shape index (κ1) is 6.27. The second-order valence-electron chi connectivity index (χ2n) is 0.980. The van der Waals surface area contributed by atoms with E-state index < -0.39 is 11.2 Å². The topological polar surface area (TPSA) is 32.3 Å². The molecule has 0 aliphatic rings. The summed E-state index contributed by atoms with van der Waals surface area (Å²) in [7, 11) is 1.53. The summed E-state index contributed by atoms with van der Waals surface area (Å²) in [5, 5.41) is 0. The van der Waals surface area contributed by atoms with Crippen molar-refractivity contribution in [3.63, 3.8) is 0 Å². The molecular weight excluding hydrogens is 100 g/mol. The van der Waals surface area contributed by atoms with Crippen LogP contribution in [0.4, 0.5) is 0 Å². The van der Waals surface area contributed by atoms with Gasteiger partial charge in [0.2, 0.25) is 5.94 Å². The van der Waals surface area contributed by atoms with Crippen LogP contribution in [-0.2, 0) is 15.9 Å². The summed E-state index contributed by atoms with van der Waals surface area (Å²) in [5.74, 6) is 0.347. The van der Waals surface area contributed by atoms with Gasteiger partial charge in [0.15, 0.2) is 0 Å². The van der Waals surface area contributed by atoms with E-state index in [0.717, 1.165) is 0 Å². The Labute approximate surface area is 40.7 Å². The van der Waals surface area contributed by atoms with Gasteiger partial charge in [-0.2, -0.15) is 0 Å². The molecule has 0 spiro atoms. The molecule has 0 saturated heterocycles. The quantitative estimate of drug-likeness (QED) is 0.465. The van der Waals surface area contributed by atoms with Crippen LogP contribution in [0.2, 0.25) is 0 Å². The van der Waals surface area contributed by atoms with Gasteiger partial charge in [-0.25, -0.2) is 0 Å². The molecule has 0 aromatic heterocycles.